The zero-order valence-corrected chi connectivity index (χ0v) is 20.8. The van der Waals surface area contributed by atoms with E-state index in [9.17, 15) is 9.18 Å². The maximum absolute atomic E-state index is 13.6. The Morgan fingerprint density at radius 3 is 2.56 bits per heavy atom. The van der Waals surface area contributed by atoms with Gasteiger partial charge in [-0.15, -0.1) is 0 Å². The van der Waals surface area contributed by atoms with Gasteiger partial charge >= 0.3 is 5.97 Å². The van der Waals surface area contributed by atoms with Gasteiger partial charge in [0.15, 0.2) is 6.61 Å². The lowest BCUT2D eigenvalue weighted by atomic mass is 9.98. The number of allylic oxidation sites excluding steroid dienone is 1. The number of benzene rings is 3. The largest absolute Gasteiger partial charge is 0.481 e. The predicted molar refractivity (Wildman–Crippen MR) is 135 cm³/mol. The van der Waals surface area contributed by atoms with E-state index in [0.717, 1.165) is 28.0 Å². The van der Waals surface area contributed by atoms with Crippen molar-refractivity contribution in [3.05, 3.63) is 93.6 Å². The Hall–Kier alpha value is -3.05. The van der Waals surface area contributed by atoms with Crippen molar-refractivity contribution in [1.82, 2.24) is 0 Å². The number of aryl methyl sites for hydroxylation is 3. The van der Waals surface area contributed by atoms with Crippen molar-refractivity contribution in [2.75, 3.05) is 6.61 Å². The summed E-state index contributed by atoms with van der Waals surface area (Å²) in [6.07, 6.45) is 1.33. The number of thiol groups is 1. The van der Waals surface area contributed by atoms with Gasteiger partial charge in [0.1, 0.15) is 17.2 Å². The zero-order valence-electron chi connectivity index (χ0n) is 19.9. The average Bonchev–Trinajstić information content (AvgIpc) is 3.30. The molecule has 3 nitrogen and oxygen atoms in total. The highest BCUT2D eigenvalue weighted by Crippen LogP contribution is 2.55. The highest BCUT2D eigenvalue weighted by Gasteiger charge is 2.38. The lowest BCUT2D eigenvalue weighted by Crippen LogP contribution is -2.29. The van der Waals surface area contributed by atoms with Gasteiger partial charge in [-0.1, -0.05) is 24.3 Å². The number of hydrogen-bond acceptors (Lipinski definition) is 3. The third-order valence-corrected chi connectivity index (χ3v) is 9.19. The number of carbonyl (C=O) groups excluding carboxylic acids is 1. The van der Waals surface area contributed by atoms with Gasteiger partial charge in [-0.3, -0.25) is 0 Å². The Morgan fingerprint density at radius 1 is 1.06 bits per heavy atom. The molecule has 1 heterocycles. The Labute approximate surface area is 203 Å². The monoisotopic (exact) mass is 476 g/mol. The molecule has 2 unspecified atom stereocenters. The molecule has 0 fully saturated rings. The molecule has 2 atom stereocenters. The van der Waals surface area contributed by atoms with E-state index in [0.29, 0.717) is 12.8 Å². The van der Waals surface area contributed by atoms with Crippen molar-refractivity contribution in [3.8, 4) is 5.75 Å². The molecule has 0 spiro atoms. The molecule has 34 heavy (non-hydrogen) atoms. The lowest BCUT2D eigenvalue weighted by Gasteiger charge is -2.26. The molecule has 3 aromatic rings. The second-order valence-electron chi connectivity index (χ2n) is 9.40. The SMILES string of the molecule is CC1=C[SH](c2cc(C)c(OCC(=O)OC3(C)CCc4cc(F)ccc43)c(C)c2)c2ccccc21. The van der Waals surface area contributed by atoms with Crippen LogP contribution in [0.1, 0.15) is 48.1 Å². The summed E-state index contributed by atoms with van der Waals surface area (Å²) in [5.74, 6) is 0.0402. The van der Waals surface area contributed by atoms with Crippen LogP contribution in [0.2, 0.25) is 0 Å². The smallest absolute Gasteiger partial charge is 0.345 e. The van der Waals surface area contributed by atoms with Crippen molar-refractivity contribution in [3.63, 3.8) is 0 Å². The minimum Gasteiger partial charge on any atom is -0.481 e. The van der Waals surface area contributed by atoms with E-state index in [1.165, 1.54) is 33.1 Å². The van der Waals surface area contributed by atoms with Crippen LogP contribution in [0.3, 0.4) is 0 Å². The summed E-state index contributed by atoms with van der Waals surface area (Å²) in [6, 6.07) is 17.6. The van der Waals surface area contributed by atoms with Crippen LogP contribution in [-0.2, 0) is 21.6 Å². The van der Waals surface area contributed by atoms with Crippen molar-refractivity contribution in [1.29, 1.82) is 0 Å². The highest BCUT2D eigenvalue weighted by atomic mass is 32.2. The number of carbonyl (C=O) groups is 1. The van der Waals surface area contributed by atoms with Gasteiger partial charge in [0, 0.05) is 4.90 Å². The van der Waals surface area contributed by atoms with Gasteiger partial charge in [-0.25, -0.2) is 9.18 Å². The van der Waals surface area contributed by atoms with E-state index in [-0.39, 0.29) is 12.4 Å². The molecule has 1 aliphatic heterocycles. The minimum atomic E-state index is -0.750. The first-order valence-corrected chi connectivity index (χ1v) is 13.0. The molecule has 0 amide bonds. The maximum Gasteiger partial charge on any atom is 0.345 e. The van der Waals surface area contributed by atoms with Crippen LogP contribution in [0.5, 0.6) is 5.75 Å². The van der Waals surface area contributed by atoms with Gasteiger partial charge in [0.25, 0.3) is 0 Å². The second kappa shape index (κ2) is 8.62. The molecule has 0 radical (unpaired) electrons. The third-order valence-electron chi connectivity index (χ3n) is 6.82. The average molecular weight is 477 g/mol. The Kier molecular flexibility index (Phi) is 5.76. The summed E-state index contributed by atoms with van der Waals surface area (Å²) in [7, 11) is -0.541. The summed E-state index contributed by atoms with van der Waals surface area (Å²) in [6.45, 7) is 7.94. The van der Waals surface area contributed by atoms with Crippen LogP contribution in [0, 0.1) is 19.7 Å². The third kappa shape index (κ3) is 4.03. The van der Waals surface area contributed by atoms with Crippen LogP contribution < -0.4 is 4.74 Å². The molecule has 5 heteroatoms. The van der Waals surface area contributed by atoms with E-state index in [1.54, 1.807) is 6.07 Å². The summed E-state index contributed by atoms with van der Waals surface area (Å²) in [4.78, 5) is 15.4. The molecule has 2 aliphatic rings. The fraction of sp³-hybridized carbons (Fsp3) is 0.276. The molecule has 0 aromatic heterocycles. The highest BCUT2D eigenvalue weighted by molar-refractivity contribution is 8.20. The van der Waals surface area contributed by atoms with E-state index in [1.807, 2.05) is 20.8 Å². The Balaban J connectivity index is 1.30. The summed E-state index contributed by atoms with van der Waals surface area (Å²) in [5, 5.41) is 2.37. The zero-order chi connectivity index (χ0) is 24.0. The van der Waals surface area contributed by atoms with Crippen LogP contribution in [0.15, 0.2) is 69.8 Å². The van der Waals surface area contributed by atoms with E-state index in [4.69, 9.17) is 9.47 Å². The molecule has 0 saturated heterocycles. The molecule has 1 aliphatic carbocycles. The van der Waals surface area contributed by atoms with Gasteiger partial charge in [-0.2, -0.15) is 10.9 Å². The van der Waals surface area contributed by atoms with E-state index < -0.39 is 22.5 Å². The standard InChI is InChI=1S/C29H29FO3S/c1-18-13-23(34-17-20(3)24-7-5-6-8-26(24)34)14-19(2)28(18)32-16-27(31)33-29(4)12-11-21-15-22(30)9-10-25(21)29/h5-10,13-15,17,34H,11-12,16H2,1-4H3. The quantitative estimate of drug-likeness (QED) is 0.317. The number of rotatable bonds is 5. The Morgan fingerprint density at radius 2 is 1.79 bits per heavy atom. The first-order valence-electron chi connectivity index (χ1n) is 11.6. The number of fused-ring (bicyclic) bond motifs is 2. The first kappa shape index (κ1) is 22.7. The molecule has 176 valence electrons. The molecule has 0 bridgehead atoms. The molecular weight excluding hydrogens is 447 g/mol. The lowest BCUT2D eigenvalue weighted by molar-refractivity contribution is -0.161. The molecule has 0 saturated carbocycles. The molecular formula is C29H29FO3S. The van der Waals surface area contributed by atoms with Gasteiger partial charge in [-0.05, 0) is 115 Å². The fourth-order valence-electron chi connectivity index (χ4n) is 5.17. The summed E-state index contributed by atoms with van der Waals surface area (Å²) in [5.41, 5.74) is 5.70. The van der Waals surface area contributed by atoms with Crippen LogP contribution in [0.25, 0.3) is 5.57 Å². The summed E-state index contributed by atoms with van der Waals surface area (Å²) < 4.78 is 25.3. The number of hydrogen-bond donors (Lipinski definition) is 1. The van der Waals surface area contributed by atoms with Crippen LogP contribution >= 0.6 is 10.9 Å². The van der Waals surface area contributed by atoms with Gasteiger partial charge in [0.05, 0.1) is 0 Å². The number of halogens is 1. The predicted octanol–water partition coefficient (Wildman–Crippen LogP) is 7.02. The van der Waals surface area contributed by atoms with E-state index >= 15 is 0 Å². The summed E-state index contributed by atoms with van der Waals surface area (Å²) >= 11 is 0. The van der Waals surface area contributed by atoms with Crippen LogP contribution in [-0.4, -0.2) is 12.6 Å². The normalized spacial score (nSPS) is 21.6. The maximum atomic E-state index is 13.6. The number of ether oxygens (including phenoxy) is 2. The van der Waals surface area contributed by atoms with Gasteiger partial charge in [0.2, 0.25) is 0 Å². The van der Waals surface area contributed by atoms with Crippen molar-refractivity contribution < 1.29 is 18.7 Å². The van der Waals surface area contributed by atoms with E-state index in [2.05, 4.69) is 48.7 Å². The molecule has 3 aromatic carbocycles. The Bertz CT molecular complexity index is 1310. The van der Waals surface area contributed by atoms with Crippen molar-refractivity contribution in [2.45, 2.75) is 55.9 Å². The fourth-order valence-corrected chi connectivity index (χ4v) is 7.68. The van der Waals surface area contributed by atoms with Crippen molar-refractivity contribution in [2.24, 2.45) is 0 Å². The molecule has 0 N–H and O–H groups in total. The topological polar surface area (TPSA) is 35.5 Å². The minimum absolute atomic E-state index is 0.163. The van der Waals surface area contributed by atoms with Crippen molar-refractivity contribution >= 4 is 22.4 Å². The second-order valence-corrected chi connectivity index (χ2v) is 11.4. The molecule has 5 rings (SSSR count). The number of esters is 1. The van der Waals surface area contributed by atoms with Crippen LogP contribution in [0.4, 0.5) is 4.39 Å². The van der Waals surface area contributed by atoms with Gasteiger partial charge < -0.3 is 9.47 Å². The first-order chi connectivity index (χ1) is 16.2.